The van der Waals surface area contributed by atoms with Crippen molar-refractivity contribution in [1.82, 2.24) is 4.90 Å². The van der Waals surface area contributed by atoms with Gasteiger partial charge in [-0.15, -0.1) is 0 Å². The molecule has 0 aliphatic heterocycles. The van der Waals surface area contributed by atoms with E-state index in [0.717, 1.165) is 5.56 Å². The van der Waals surface area contributed by atoms with E-state index in [9.17, 15) is 9.18 Å². The molecule has 15 heavy (non-hydrogen) atoms. The highest BCUT2D eigenvalue weighted by Crippen LogP contribution is 2.15. The normalized spacial score (nSPS) is 9.87. The summed E-state index contributed by atoms with van der Waals surface area (Å²) in [4.78, 5) is 12.9. The Morgan fingerprint density at radius 1 is 1.53 bits per heavy atom. The van der Waals surface area contributed by atoms with Crippen LogP contribution in [0.5, 0.6) is 0 Å². The van der Waals surface area contributed by atoms with Crippen LogP contribution < -0.4 is 5.32 Å². The first-order chi connectivity index (χ1) is 7.04. The van der Waals surface area contributed by atoms with Gasteiger partial charge in [-0.1, -0.05) is 6.07 Å². The first kappa shape index (κ1) is 11.5. The van der Waals surface area contributed by atoms with E-state index in [1.54, 1.807) is 19.2 Å². The number of rotatable bonds is 2. The number of nitrogens with zero attached hydrogens (tertiary/aromatic N) is 1. The number of anilines is 1. The van der Waals surface area contributed by atoms with E-state index in [1.165, 1.54) is 11.0 Å². The molecular formula is C11H15FN2O. The van der Waals surface area contributed by atoms with E-state index in [1.807, 2.05) is 13.8 Å². The van der Waals surface area contributed by atoms with Crippen LogP contribution in [0.4, 0.5) is 14.9 Å². The molecule has 0 bridgehead atoms. The molecule has 0 heterocycles. The quantitative estimate of drug-likeness (QED) is 0.799. The lowest BCUT2D eigenvalue weighted by Gasteiger charge is -2.16. The number of halogens is 1. The van der Waals surface area contributed by atoms with Crippen molar-refractivity contribution in [1.29, 1.82) is 0 Å². The summed E-state index contributed by atoms with van der Waals surface area (Å²) in [6.07, 6.45) is 0. The third kappa shape index (κ3) is 2.94. The SMILES string of the molecule is CCN(C)C(=O)Nc1cc(C)ccc1F. The maximum absolute atomic E-state index is 13.3. The molecule has 0 aliphatic rings. The third-order valence-electron chi connectivity index (χ3n) is 2.18. The molecule has 0 atom stereocenters. The maximum atomic E-state index is 13.3. The van der Waals surface area contributed by atoms with Crippen LogP contribution >= 0.6 is 0 Å². The lowest BCUT2D eigenvalue weighted by Crippen LogP contribution is -2.31. The van der Waals surface area contributed by atoms with Gasteiger partial charge in [0.1, 0.15) is 5.82 Å². The number of urea groups is 1. The van der Waals surface area contributed by atoms with Gasteiger partial charge in [0.25, 0.3) is 0 Å². The second-order valence-corrected chi connectivity index (χ2v) is 3.43. The van der Waals surface area contributed by atoms with Crippen LogP contribution in [-0.2, 0) is 0 Å². The van der Waals surface area contributed by atoms with Gasteiger partial charge in [0.2, 0.25) is 0 Å². The summed E-state index contributed by atoms with van der Waals surface area (Å²) in [5.41, 5.74) is 1.13. The molecule has 0 saturated heterocycles. The molecular weight excluding hydrogens is 195 g/mol. The predicted molar refractivity (Wildman–Crippen MR) is 58.5 cm³/mol. The Balaban J connectivity index is 2.80. The Labute approximate surface area is 88.9 Å². The van der Waals surface area contributed by atoms with Crippen LogP contribution in [0.2, 0.25) is 0 Å². The second-order valence-electron chi connectivity index (χ2n) is 3.43. The van der Waals surface area contributed by atoms with E-state index in [0.29, 0.717) is 6.54 Å². The Bertz CT molecular complexity index is 366. The number of hydrogen-bond donors (Lipinski definition) is 1. The molecule has 1 aromatic rings. The number of nitrogens with one attached hydrogen (secondary N) is 1. The van der Waals surface area contributed by atoms with Gasteiger partial charge in [-0.25, -0.2) is 9.18 Å². The predicted octanol–water partition coefficient (Wildman–Crippen LogP) is 2.62. The molecule has 1 aromatic carbocycles. The van der Waals surface area contributed by atoms with Crippen molar-refractivity contribution in [2.24, 2.45) is 0 Å². The van der Waals surface area contributed by atoms with Gasteiger partial charge < -0.3 is 10.2 Å². The average Bonchev–Trinajstić information content (AvgIpc) is 2.22. The van der Waals surface area contributed by atoms with Crippen LogP contribution in [0.3, 0.4) is 0 Å². The molecule has 0 fully saturated rings. The summed E-state index contributed by atoms with van der Waals surface area (Å²) in [7, 11) is 1.66. The van der Waals surface area contributed by atoms with E-state index < -0.39 is 5.82 Å². The minimum Gasteiger partial charge on any atom is -0.328 e. The molecule has 0 aliphatic carbocycles. The Morgan fingerprint density at radius 2 is 2.20 bits per heavy atom. The standard InChI is InChI=1S/C11H15FN2O/c1-4-14(3)11(15)13-10-7-8(2)5-6-9(10)12/h5-7H,4H2,1-3H3,(H,13,15). The number of aryl methyl sites for hydroxylation is 1. The first-order valence-electron chi connectivity index (χ1n) is 4.83. The first-order valence-corrected chi connectivity index (χ1v) is 4.83. The van der Waals surface area contributed by atoms with Crippen molar-refractivity contribution >= 4 is 11.7 Å². The molecule has 82 valence electrons. The molecule has 0 aromatic heterocycles. The molecule has 0 unspecified atom stereocenters. The van der Waals surface area contributed by atoms with Crippen molar-refractivity contribution in [3.8, 4) is 0 Å². The summed E-state index contributed by atoms with van der Waals surface area (Å²) in [5, 5.41) is 2.51. The van der Waals surface area contributed by atoms with Gasteiger partial charge in [0.05, 0.1) is 5.69 Å². The zero-order chi connectivity index (χ0) is 11.4. The molecule has 1 N–H and O–H groups in total. The smallest absolute Gasteiger partial charge is 0.321 e. The molecule has 3 nitrogen and oxygen atoms in total. The summed E-state index contributed by atoms with van der Waals surface area (Å²) < 4.78 is 13.3. The fourth-order valence-corrected chi connectivity index (χ4v) is 1.09. The topological polar surface area (TPSA) is 32.3 Å². The average molecular weight is 210 g/mol. The fourth-order valence-electron chi connectivity index (χ4n) is 1.09. The number of carbonyl (C=O) groups excluding carboxylic acids is 1. The Morgan fingerprint density at radius 3 is 2.80 bits per heavy atom. The van der Waals surface area contributed by atoms with Crippen LogP contribution in [-0.4, -0.2) is 24.5 Å². The summed E-state index contributed by atoms with van der Waals surface area (Å²) in [6, 6.07) is 4.31. The minimum absolute atomic E-state index is 0.223. The molecule has 0 saturated carbocycles. The molecule has 1 rings (SSSR count). The summed E-state index contributed by atoms with van der Waals surface area (Å²) in [6.45, 7) is 4.28. The van der Waals surface area contributed by atoms with Crippen LogP contribution in [0.1, 0.15) is 12.5 Å². The van der Waals surface area contributed by atoms with Gasteiger partial charge >= 0.3 is 6.03 Å². The van der Waals surface area contributed by atoms with E-state index in [2.05, 4.69) is 5.32 Å². The zero-order valence-corrected chi connectivity index (χ0v) is 9.17. The number of carbonyl (C=O) groups is 1. The Kier molecular flexibility index (Phi) is 3.66. The van der Waals surface area contributed by atoms with Crippen LogP contribution in [0, 0.1) is 12.7 Å². The van der Waals surface area contributed by atoms with E-state index >= 15 is 0 Å². The summed E-state index contributed by atoms with van der Waals surface area (Å²) >= 11 is 0. The van der Waals surface area contributed by atoms with Crippen molar-refractivity contribution in [3.05, 3.63) is 29.6 Å². The van der Waals surface area contributed by atoms with Crippen molar-refractivity contribution in [2.45, 2.75) is 13.8 Å². The highest BCUT2D eigenvalue weighted by atomic mass is 19.1. The molecule has 0 radical (unpaired) electrons. The Hall–Kier alpha value is -1.58. The molecule has 2 amide bonds. The number of amides is 2. The summed E-state index contributed by atoms with van der Waals surface area (Å²) in [5.74, 6) is -0.418. The van der Waals surface area contributed by atoms with Crippen LogP contribution in [0.25, 0.3) is 0 Å². The second kappa shape index (κ2) is 4.77. The zero-order valence-electron chi connectivity index (χ0n) is 9.17. The van der Waals surface area contributed by atoms with Crippen molar-refractivity contribution in [3.63, 3.8) is 0 Å². The number of hydrogen-bond acceptors (Lipinski definition) is 1. The third-order valence-corrected chi connectivity index (χ3v) is 2.18. The monoisotopic (exact) mass is 210 g/mol. The van der Waals surface area contributed by atoms with Crippen molar-refractivity contribution in [2.75, 3.05) is 18.9 Å². The van der Waals surface area contributed by atoms with Gasteiger partial charge in [-0.3, -0.25) is 0 Å². The van der Waals surface area contributed by atoms with Crippen molar-refractivity contribution < 1.29 is 9.18 Å². The minimum atomic E-state index is -0.418. The highest BCUT2D eigenvalue weighted by molar-refractivity contribution is 5.89. The van der Waals surface area contributed by atoms with Gasteiger partial charge in [0.15, 0.2) is 0 Å². The maximum Gasteiger partial charge on any atom is 0.321 e. The van der Waals surface area contributed by atoms with E-state index in [-0.39, 0.29) is 11.7 Å². The van der Waals surface area contributed by atoms with Crippen LogP contribution in [0.15, 0.2) is 18.2 Å². The van der Waals surface area contributed by atoms with Gasteiger partial charge in [0, 0.05) is 13.6 Å². The molecule has 0 spiro atoms. The fraction of sp³-hybridized carbons (Fsp3) is 0.364. The van der Waals surface area contributed by atoms with Gasteiger partial charge in [-0.05, 0) is 31.5 Å². The largest absolute Gasteiger partial charge is 0.328 e. The lowest BCUT2D eigenvalue weighted by molar-refractivity contribution is 0.224. The molecule has 4 heteroatoms. The highest BCUT2D eigenvalue weighted by Gasteiger charge is 2.09. The van der Waals surface area contributed by atoms with E-state index in [4.69, 9.17) is 0 Å². The van der Waals surface area contributed by atoms with Gasteiger partial charge in [-0.2, -0.15) is 0 Å². The lowest BCUT2D eigenvalue weighted by atomic mass is 10.2. The number of benzene rings is 1.